The van der Waals surface area contributed by atoms with Crippen LogP contribution in [-0.4, -0.2) is 31.7 Å². The number of aromatic nitrogens is 4. The Kier molecular flexibility index (Phi) is 6.66. The van der Waals surface area contributed by atoms with E-state index in [2.05, 4.69) is 20.5 Å². The first-order valence-corrected chi connectivity index (χ1v) is 11.9. The molecule has 1 N–H and O–H groups in total. The summed E-state index contributed by atoms with van der Waals surface area (Å²) in [7, 11) is 0. The van der Waals surface area contributed by atoms with Crippen molar-refractivity contribution in [3.63, 3.8) is 0 Å². The summed E-state index contributed by atoms with van der Waals surface area (Å²) in [6.45, 7) is 3.82. The third-order valence-electron chi connectivity index (χ3n) is 4.07. The number of carbonyl (C=O) groups excluding carboxylic acids is 1. The molecule has 0 aliphatic heterocycles. The topological polar surface area (TPSA) is 85.8 Å². The zero-order valence-electron chi connectivity index (χ0n) is 16.5. The van der Waals surface area contributed by atoms with Gasteiger partial charge in [0.1, 0.15) is 10.7 Å². The molecule has 1 aromatic carbocycles. The van der Waals surface area contributed by atoms with Crippen LogP contribution in [0.5, 0.6) is 0 Å². The molecular weight excluding hydrogens is 477 g/mol. The molecule has 0 fully saturated rings. The van der Waals surface area contributed by atoms with Crippen molar-refractivity contribution in [2.24, 2.45) is 0 Å². The minimum absolute atomic E-state index is 0.0526. The third-order valence-corrected chi connectivity index (χ3v) is 6.78. The Bertz CT molecular complexity index is 1200. The highest BCUT2D eigenvalue weighted by Gasteiger charge is 2.20. The average Bonchev–Trinajstić information content (AvgIpc) is 3.48. The number of nitrogens with one attached hydrogen (secondary N) is 1. The van der Waals surface area contributed by atoms with Gasteiger partial charge < -0.3 is 9.73 Å². The van der Waals surface area contributed by atoms with E-state index in [0.717, 1.165) is 10.7 Å². The lowest BCUT2D eigenvalue weighted by Crippen LogP contribution is -2.30. The second-order valence-corrected chi connectivity index (χ2v) is 9.46. The number of hydrogen-bond acceptors (Lipinski definition) is 7. The van der Waals surface area contributed by atoms with E-state index in [0.29, 0.717) is 38.2 Å². The van der Waals surface area contributed by atoms with E-state index in [-0.39, 0.29) is 11.9 Å². The number of halogens is 2. The number of hydrogen-bond donors (Lipinski definition) is 1. The Morgan fingerprint density at radius 1 is 1.26 bits per heavy atom. The van der Waals surface area contributed by atoms with Crippen LogP contribution in [-0.2, 0) is 5.75 Å². The first-order chi connectivity index (χ1) is 14.9. The molecule has 0 aliphatic rings. The average molecular weight is 494 g/mol. The van der Waals surface area contributed by atoms with Crippen LogP contribution in [0.25, 0.3) is 17.3 Å². The van der Waals surface area contributed by atoms with Crippen molar-refractivity contribution < 1.29 is 9.21 Å². The van der Waals surface area contributed by atoms with Crippen molar-refractivity contribution in [1.82, 2.24) is 25.1 Å². The second-order valence-electron chi connectivity index (χ2n) is 6.76. The molecule has 0 aliphatic carbocycles. The molecule has 4 aromatic rings. The monoisotopic (exact) mass is 493 g/mol. The van der Waals surface area contributed by atoms with Gasteiger partial charge in [-0.3, -0.25) is 9.36 Å². The predicted molar refractivity (Wildman–Crippen MR) is 123 cm³/mol. The van der Waals surface area contributed by atoms with Crippen LogP contribution >= 0.6 is 46.3 Å². The summed E-state index contributed by atoms with van der Waals surface area (Å²) in [5.74, 6) is 1.47. The molecule has 0 saturated carbocycles. The molecule has 0 spiro atoms. The van der Waals surface area contributed by atoms with Crippen molar-refractivity contribution in [1.29, 1.82) is 0 Å². The number of thiazole rings is 1. The Hall–Kier alpha value is -2.33. The van der Waals surface area contributed by atoms with Gasteiger partial charge in [0, 0.05) is 11.4 Å². The third kappa shape index (κ3) is 4.95. The SMILES string of the molecule is CC(C)NC(=O)c1csc(CSc2nnc(-c3ccco3)n2-c2ccc(Cl)c(Cl)c2)n1. The number of nitrogens with zero attached hydrogens (tertiary/aromatic N) is 4. The van der Waals surface area contributed by atoms with E-state index >= 15 is 0 Å². The van der Waals surface area contributed by atoms with E-state index in [4.69, 9.17) is 27.6 Å². The summed E-state index contributed by atoms with van der Waals surface area (Å²) in [4.78, 5) is 16.6. The molecule has 0 radical (unpaired) electrons. The van der Waals surface area contributed by atoms with Gasteiger partial charge in [0.2, 0.25) is 5.82 Å². The number of carbonyl (C=O) groups is 1. The summed E-state index contributed by atoms with van der Waals surface area (Å²) in [5.41, 5.74) is 1.17. The Morgan fingerprint density at radius 2 is 2.10 bits per heavy atom. The van der Waals surface area contributed by atoms with Gasteiger partial charge in [-0.15, -0.1) is 21.5 Å². The molecule has 4 rings (SSSR count). The molecule has 3 aromatic heterocycles. The minimum atomic E-state index is -0.179. The fourth-order valence-electron chi connectivity index (χ4n) is 2.73. The number of furan rings is 1. The van der Waals surface area contributed by atoms with Crippen LogP contribution in [0, 0.1) is 0 Å². The first kappa shape index (κ1) is 21.9. The summed E-state index contributed by atoms with van der Waals surface area (Å²) in [6, 6.07) is 8.96. The van der Waals surface area contributed by atoms with Crippen molar-refractivity contribution in [2.45, 2.75) is 30.8 Å². The van der Waals surface area contributed by atoms with Gasteiger partial charge in [0.25, 0.3) is 5.91 Å². The van der Waals surface area contributed by atoms with E-state index in [1.807, 2.05) is 30.5 Å². The van der Waals surface area contributed by atoms with Crippen LogP contribution in [0.2, 0.25) is 10.0 Å². The van der Waals surface area contributed by atoms with Gasteiger partial charge in [0.05, 0.1) is 27.7 Å². The molecule has 7 nitrogen and oxygen atoms in total. The van der Waals surface area contributed by atoms with Crippen molar-refractivity contribution in [3.05, 3.63) is 62.7 Å². The molecule has 0 atom stereocenters. The standard InChI is InChI=1S/C20H17Cl2N5O2S2/c1-11(2)23-19(28)15-9-30-17(24-15)10-31-20-26-25-18(16-4-3-7-29-16)27(20)12-5-6-13(21)14(22)8-12/h3-9,11H,10H2,1-2H3,(H,23,28). The van der Waals surface area contributed by atoms with Crippen LogP contribution in [0.3, 0.4) is 0 Å². The highest BCUT2D eigenvalue weighted by molar-refractivity contribution is 7.98. The highest BCUT2D eigenvalue weighted by atomic mass is 35.5. The lowest BCUT2D eigenvalue weighted by molar-refractivity contribution is 0.0938. The smallest absolute Gasteiger partial charge is 0.270 e. The lowest BCUT2D eigenvalue weighted by atomic mass is 10.3. The van der Waals surface area contributed by atoms with Gasteiger partial charge in [-0.1, -0.05) is 35.0 Å². The van der Waals surface area contributed by atoms with Gasteiger partial charge >= 0.3 is 0 Å². The molecule has 31 heavy (non-hydrogen) atoms. The van der Waals surface area contributed by atoms with Crippen LogP contribution in [0.15, 0.2) is 51.5 Å². The zero-order chi connectivity index (χ0) is 22.0. The van der Waals surface area contributed by atoms with E-state index in [1.165, 1.54) is 23.1 Å². The maximum absolute atomic E-state index is 12.1. The largest absolute Gasteiger partial charge is 0.461 e. The normalized spacial score (nSPS) is 11.3. The first-order valence-electron chi connectivity index (χ1n) is 9.25. The Labute approximate surface area is 196 Å². The minimum Gasteiger partial charge on any atom is -0.461 e. The second kappa shape index (κ2) is 9.44. The molecule has 3 heterocycles. The zero-order valence-corrected chi connectivity index (χ0v) is 19.6. The molecule has 1 amide bonds. The number of benzene rings is 1. The van der Waals surface area contributed by atoms with Crippen LogP contribution in [0.1, 0.15) is 29.3 Å². The Balaban J connectivity index is 1.61. The summed E-state index contributed by atoms with van der Waals surface area (Å²) in [5, 5.41) is 15.6. The number of rotatable bonds is 7. The van der Waals surface area contributed by atoms with E-state index < -0.39 is 0 Å². The lowest BCUT2D eigenvalue weighted by Gasteiger charge is -2.10. The molecule has 0 saturated heterocycles. The number of amides is 1. The predicted octanol–water partition coefficient (Wildman–Crippen LogP) is 5.72. The Morgan fingerprint density at radius 3 is 2.81 bits per heavy atom. The van der Waals surface area contributed by atoms with Gasteiger partial charge in [-0.25, -0.2) is 4.98 Å². The summed E-state index contributed by atoms with van der Waals surface area (Å²) in [6.07, 6.45) is 1.58. The maximum atomic E-state index is 12.1. The van der Waals surface area contributed by atoms with E-state index in [1.54, 1.807) is 29.8 Å². The van der Waals surface area contributed by atoms with Gasteiger partial charge in [-0.05, 0) is 44.2 Å². The molecule has 0 bridgehead atoms. The maximum Gasteiger partial charge on any atom is 0.270 e. The fraction of sp³-hybridized carbons (Fsp3) is 0.200. The molecule has 11 heteroatoms. The van der Waals surface area contributed by atoms with Crippen LogP contribution < -0.4 is 5.32 Å². The van der Waals surface area contributed by atoms with Crippen molar-refractivity contribution in [3.8, 4) is 17.3 Å². The quantitative estimate of drug-likeness (QED) is 0.331. The molecular formula is C20H17Cl2N5O2S2. The summed E-state index contributed by atoms with van der Waals surface area (Å²) >= 11 is 15.2. The fourth-order valence-corrected chi connectivity index (χ4v) is 4.77. The highest BCUT2D eigenvalue weighted by Crippen LogP contribution is 2.33. The molecule has 160 valence electrons. The molecule has 0 unspecified atom stereocenters. The number of thioether (sulfide) groups is 1. The van der Waals surface area contributed by atoms with Crippen LogP contribution in [0.4, 0.5) is 0 Å². The van der Waals surface area contributed by atoms with Gasteiger partial charge in [-0.2, -0.15) is 0 Å². The van der Waals surface area contributed by atoms with E-state index in [9.17, 15) is 4.79 Å². The van der Waals surface area contributed by atoms with Crippen molar-refractivity contribution in [2.75, 3.05) is 0 Å². The van der Waals surface area contributed by atoms with Gasteiger partial charge in [0.15, 0.2) is 10.9 Å². The summed E-state index contributed by atoms with van der Waals surface area (Å²) < 4.78 is 7.38. The van der Waals surface area contributed by atoms with Crippen molar-refractivity contribution >= 4 is 52.2 Å².